The minimum absolute atomic E-state index is 0.139. The van der Waals surface area contributed by atoms with E-state index in [1.54, 1.807) is 31.3 Å². The van der Waals surface area contributed by atoms with E-state index in [1.165, 1.54) is 4.90 Å². The Morgan fingerprint density at radius 1 is 1.14 bits per heavy atom. The molecule has 2 aromatic carbocycles. The van der Waals surface area contributed by atoms with Crippen LogP contribution in [0, 0.1) is 0 Å². The zero-order valence-electron chi connectivity index (χ0n) is 12.5. The van der Waals surface area contributed by atoms with E-state index in [0.29, 0.717) is 23.8 Å². The predicted molar refractivity (Wildman–Crippen MR) is 84.9 cm³/mol. The standard InChI is InChI=1S/C18H19NO3/c1-19(16(13-21)11-14-7-3-2-4-8-14)18(22)17-10-6-5-9-15(17)12-20/h2-10,12,16,21H,11,13H2,1H3. The minimum atomic E-state index is -0.338. The second-order valence-electron chi connectivity index (χ2n) is 5.15. The van der Waals surface area contributed by atoms with Gasteiger partial charge in [0.15, 0.2) is 6.29 Å². The number of benzene rings is 2. The van der Waals surface area contributed by atoms with E-state index >= 15 is 0 Å². The molecule has 0 saturated heterocycles. The molecular formula is C18H19NO3. The molecule has 0 radical (unpaired) electrons. The lowest BCUT2D eigenvalue weighted by molar-refractivity contribution is 0.0658. The van der Waals surface area contributed by atoms with Crippen molar-refractivity contribution >= 4 is 12.2 Å². The number of aliphatic hydroxyl groups is 1. The van der Waals surface area contributed by atoms with Crippen LogP contribution in [0.1, 0.15) is 26.3 Å². The maximum Gasteiger partial charge on any atom is 0.254 e. The molecule has 1 N–H and O–H groups in total. The lowest BCUT2D eigenvalue weighted by atomic mass is 10.0. The smallest absolute Gasteiger partial charge is 0.254 e. The Hall–Kier alpha value is -2.46. The van der Waals surface area contributed by atoms with Crippen molar-refractivity contribution < 1.29 is 14.7 Å². The van der Waals surface area contributed by atoms with Crippen LogP contribution in [0.15, 0.2) is 54.6 Å². The number of hydrogen-bond donors (Lipinski definition) is 1. The van der Waals surface area contributed by atoms with E-state index in [9.17, 15) is 14.7 Å². The largest absolute Gasteiger partial charge is 0.394 e. The van der Waals surface area contributed by atoms with E-state index < -0.39 is 0 Å². The predicted octanol–water partition coefficient (Wildman–Crippen LogP) is 2.17. The first-order valence-corrected chi connectivity index (χ1v) is 7.13. The summed E-state index contributed by atoms with van der Waals surface area (Å²) in [5.41, 5.74) is 1.76. The molecule has 0 bridgehead atoms. The molecule has 2 aromatic rings. The van der Waals surface area contributed by atoms with Crippen LogP contribution in [0.2, 0.25) is 0 Å². The first-order valence-electron chi connectivity index (χ1n) is 7.13. The number of hydrogen-bond acceptors (Lipinski definition) is 3. The normalized spacial score (nSPS) is 11.7. The van der Waals surface area contributed by atoms with Gasteiger partial charge in [-0.1, -0.05) is 48.5 Å². The molecule has 4 heteroatoms. The lowest BCUT2D eigenvalue weighted by Gasteiger charge is -2.27. The van der Waals surface area contributed by atoms with Gasteiger partial charge in [0.2, 0.25) is 0 Å². The summed E-state index contributed by atoms with van der Waals surface area (Å²) in [4.78, 5) is 25.1. The van der Waals surface area contributed by atoms with Gasteiger partial charge in [-0.3, -0.25) is 9.59 Å². The molecule has 0 aromatic heterocycles. The summed E-state index contributed by atoms with van der Waals surface area (Å²) >= 11 is 0. The molecule has 0 aliphatic carbocycles. The van der Waals surface area contributed by atoms with Crippen molar-refractivity contribution in [3.8, 4) is 0 Å². The van der Waals surface area contributed by atoms with Crippen molar-refractivity contribution in [2.75, 3.05) is 13.7 Å². The lowest BCUT2D eigenvalue weighted by Crippen LogP contribution is -2.41. The topological polar surface area (TPSA) is 57.6 Å². The third kappa shape index (κ3) is 3.59. The molecule has 1 amide bonds. The van der Waals surface area contributed by atoms with Crippen molar-refractivity contribution in [1.82, 2.24) is 4.90 Å². The average Bonchev–Trinajstić information content (AvgIpc) is 2.59. The van der Waals surface area contributed by atoms with E-state index in [2.05, 4.69) is 0 Å². The first kappa shape index (κ1) is 15.9. The average molecular weight is 297 g/mol. The van der Waals surface area contributed by atoms with E-state index in [-0.39, 0.29) is 18.6 Å². The Morgan fingerprint density at radius 3 is 2.41 bits per heavy atom. The Bertz CT molecular complexity index is 640. The van der Waals surface area contributed by atoms with Crippen LogP contribution in [0.4, 0.5) is 0 Å². The SMILES string of the molecule is CN(C(=O)c1ccccc1C=O)C(CO)Cc1ccccc1. The molecule has 0 fully saturated rings. The summed E-state index contributed by atoms with van der Waals surface area (Å²) in [5.74, 6) is -0.266. The fourth-order valence-electron chi connectivity index (χ4n) is 2.36. The highest BCUT2D eigenvalue weighted by Gasteiger charge is 2.22. The van der Waals surface area contributed by atoms with Gasteiger partial charge in [0.1, 0.15) is 0 Å². The quantitative estimate of drug-likeness (QED) is 0.831. The van der Waals surface area contributed by atoms with Gasteiger partial charge < -0.3 is 10.0 Å². The van der Waals surface area contributed by atoms with E-state index in [0.717, 1.165) is 5.56 Å². The van der Waals surface area contributed by atoms with Crippen molar-refractivity contribution in [1.29, 1.82) is 0 Å². The van der Waals surface area contributed by atoms with Crippen LogP contribution < -0.4 is 0 Å². The third-order valence-electron chi connectivity index (χ3n) is 3.71. The van der Waals surface area contributed by atoms with Crippen molar-refractivity contribution in [3.63, 3.8) is 0 Å². The first-order chi connectivity index (χ1) is 10.7. The number of aliphatic hydroxyl groups excluding tert-OH is 1. The van der Waals surface area contributed by atoms with Gasteiger partial charge in [-0.25, -0.2) is 0 Å². The summed E-state index contributed by atoms with van der Waals surface area (Å²) in [7, 11) is 1.65. The number of rotatable bonds is 6. The second kappa shape index (κ2) is 7.52. The van der Waals surface area contributed by atoms with E-state index in [1.807, 2.05) is 30.3 Å². The number of likely N-dealkylation sites (N-methyl/N-ethyl adjacent to an activating group) is 1. The van der Waals surface area contributed by atoms with Gasteiger partial charge in [0, 0.05) is 12.6 Å². The fourth-order valence-corrected chi connectivity index (χ4v) is 2.36. The zero-order valence-corrected chi connectivity index (χ0v) is 12.5. The Balaban J connectivity index is 2.19. The van der Waals surface area contributed by atoms with Gasteiger partial charge in [0.05, 0.1) is 18.2 Å². The minimum Gasteiger partial charge on any atom is -0.394 e. The monoisotopic (exact) mass is 297 g/mol. The van der Waals surface area contributed by atoms with Gasteiger partial charge in [0.25, 0.3) is 5.91 Å². The van der Waals surface area contributed by atoms with Gasteiger partial charge in [-0.15, -0.1) is 0 Å². The highest BCUT2D eigenvalue weighted by molar-refractivity contribution is 6.01. The number of amides is 1. The summed E-state index contributed by atoms with van der Waals surface area (Å²) in [6, 6.07) is 16.0. The van der Waals surface area contributed by atoms with Gasteiger partial charge >= 0.3 is 0 Å². The molecule has 1 atom stereocenters. The molecule has 2 rings (SSSR count). The summed E-state index contributed by atoms with van der Waals surface area (Å²) in [6.45, 7) is -0.139. The second-order valence-corrected chi connectivity index (χ2v) is 5.15. The number of carbonyl (C=O) groups excluding carboxylic acids is 2. The molecule has 114 valence electrons. The highest BCUT2D eigenvalue weighted by atomic mass is 16.3. The third-order valence-corrected chi connectivity index (χ3v) is 3.71. The van der Waals surface area contributed by atoms with Gasteiger partial charge in [-0.05, 0) is 18.1 Å². The van der Waals surface area contributed by atoms with Crippen molar-refractivity contribution in [2.45, 2.75) is 12.5 Å². The molecule has 0 aliphatic heterocycles. The molecular weight excluding hydrogens is 278 g/mol. The summed E-state index contributed by atoms with van der Waals surface area (Å²) in [5, 5.41) is 9.62. The van der Waals surface area contributed by atoms with Crippen LogP contribution in [-0.4, -0.2) is 41.9 Å². The molecule has 4 nitrogen and oxygen atoms in total. The number of carbonyl (C=O) groups is 2. The molecule has 0 aliphatic rings. The van der Waals surface area contributed by atoms with Crippen LogP contribution >= 0.6 is 0 Å². The van der Waals surface area contributed by atoms with Crippen molar-refractivity contribution in [2.24, 2.45) is 0 Å². The molecule has 0 heterocycles. The van der Waals surface area contributed by atoms with Crippen LogP contribution in [0.3, 0.4) is 0 Å². The van der Waals surface area contributed by atoms with Crippen molar-refractivity contribution in [3.05, 3.63) is 71.3 Å². The Labute approximate surface area is 130 Å². The summed E-state index contributed by atoms with van der Waals surface area (Å²) < 4.78 is 0. The Kier molecular flexibility index (Phi) is 5.44. The zero-order chi connectivity index (χ0) is 15.9. The van der Waals surface area contributed by atoms with Crippen LogP contribution in [0.5, 0.6) is 0 Å². The van der Waals surface area contributed by atoms with Crippen LogP contribution in [0.25, 0.3) is 0 Å². The molecule has 0 saturated carbocycles. The van der Waals surface area contributed by atoms with Gasteiger partial charge in [-0.2, -0.15) is 0 Å². The highest BCUT2D eigenvalue weighted by Crippen LogP contribution is 2.14. The Morgan fingerprint density at radius 2 is 1.77 bits per heavy atom. The maximum atomic E-state index is 12.6. The summed E-state index contributed by atoms with van der Waals surface area (Å²) in [6.07, 6.45) is 1.23. The molecule has 1 unspecified atom stereocenters. The van der Waals surface area contributed by atoms with Crippen LogP contribution in [-0.2, 0) is 6.42 Å². The fraction of sp³-hybridized carbons (Fsp3) is 0.222. The number of nitrogens with zero attached hydrogens (tertiary/aromatic N) is 1. The molecule has 22 heavy (non-hydrogen) atoms. The maximum absolute atomic E-state index is 12.6. The number of aldehydes is 1. The van der Waals surface area contributed by atoms with E-state index in [4.69, 9.17) is 0 Å². The molecule has 0 spiro atoms.